The Morgan fingerprint density at radius 3 is 2.32 bits per heavy atom. The quantitative estimate of drug-likeness (QED) is 0.478. The van der Waals surface area contributed by atoms with E-state index >= 15 is 0 Å². The first-order valence-corrected chi connectivity index (χ1v) is 11.2. The van der Waals surface area contributed by atoms with E-state index in [4.69, 9.17) is 27.9 Å². The Balaban J connectivity index is 2.02. The van der Waals surface area contributed by atoms with Crippen LogP contribution in [0.5, 0.6) is 5.75 Å². The molecule has 31 heavy (non-hydrogen) atoms. The third-order valence-electron chi connectivity index (χ3n) is 4.76. The summed E-state index contributed by atoms with van der Waals surface area (Å²) in [5.41, 5.74) is 1.97. The molecule has 0 aliphatic rings. The van der Waals surface area contributed by atoms with Crippen LogP contribution in [0.4, 0.5) is 0 Å². The van der Waals surface area contributed by atoms with Gasteiger partial charge in [-0.1, -0.05) is 47.0 Å². The van der Waals surface area contributed by atoms with E-state index in [1.54, 1.807) is 24.0 Å². The van der Waals surface area contributed by atoms with Gasteiger partial charge in [0.05, 0.1) is 16.7 Å². The van der Waals surface area contributed by atoms with Crippen molar-refractivity contribution in [3.8, 4) is 5.75 Å². The van der Waals surface area contributed by atoms with Gasteiger partial charge in [0.25, 0.3) is 0 Å². The van der Waals surface area contributed by atoms with Crippen molar-refractivity contribution in [1.82, 2.24) is 10.2 Å². The van der Waals surface area contributed by atoms with Crippen molar-refractivity contribution < 1.29 is 14.3 Å². The Hall–Kier alpha value is -2.24. The Labute approximate surface area is 194 Å². The van der Waals surface area contributed by atoms with Gasteiger partial charge in [-0.15, -0.1) is 0 Å². The largest absolute Gasteiger partial charge is 0.494 e. The number of halogens is 2. The van der Waals surface area contributed by atoms with E-state index in [1.807, 2.05) is 51.1 Å². The summed E-state index contributed by atoms with van der Waals surface area (Å²) in [6, 6.07) is 12.4. The first-order valence-electron chi connectivity index (χ1n) is 10.4. The predicted molar refractivity (Wildman–Crippen MR) is 126 cm³/mol. The molecule has 0 aromatic heterocycles. The highest BCUT2D eigenvalue weighted by Gasteiger charge is 2.26. The topological polar surface area (TPSA) is 58.6 Å². The summed E-state index contributed by atoms with van der Waals surface area (Å²) in [6.07, 6.45) is 0.815. The summed E-state index contributed by atoms with van der Waals surface area (Å²) < 4.78 is 5.72. The summed E-state index contributed by atoms with van der Waals surface area (Å²) in [7, 11) is 0. The highest BCUT2D eigenvalue weighted by molar-refractivity contribution is 6.42. The summed E-state index contributed by atoms with van der Waals surface area (Å²) >= 11 is 12.1. The van der Waals surface area contributed by atoms with E-state index in [2.05, 4.69) is 5.32 Å². The molecule has 2 aromatic carbocycles. The van der Waals surface area contributed by atoms with E-state index < -0.39 is 6.04 Å². The molecule has 0 fully saturated rings. The Morgan fingerprint density at radius 1 is 1.03 bits per heavy atom. The van der Waals surface area contributed by atoms with Gasteiger partial charge in [0.1, 0.15) is 11.8 Å². The fraction of sp³-hybridized carbons (Fsp3) is 0.417. The second-order valence-electron chi connectivity index (χ2n) is 7.87. The van der Waals surface area contributed by atoms with E-state index in [-0.39, 0.29) is 30.8 Å². The van der Waals surface area contributed by atoms with Crippen LogP contribution in [0.25, 0.3) is 0 Å². The lowest BCUT2D eigenvalue weighted by Gasteiger charge is -2.29. The van der Waals surface area contributed by atoms with Gasteiger partial charge >= 0.3 is 0 Å². The lowest BCUT2D eigenvalue weighted by Crippen LogP contribution is -2.49. The average Bonchev–Trinajstić information content (AvgIpc) is 2.72. The smallest absolute Gasteiger partial charge is 0.242 e. The molecule has 5 nitrogen and oxygen atoms in total. The number of hydrogen-bond acceptors (Lipinski definition) is 3. The van der Waals surface area contributed by atoms with E-state index in [0.717, 1.165) is 16.9 Å². The van der Waals surface area contributed by atoms with Crippen molar-refractivity contribution in [3.63, 3.8) is 0 Å². The standard InChI is InChI=1S/C24H30Cl2N2O3/c1-16(2)27-24(30)18(4)28(15-19-9-12-21(25)22(26)14-19)23(29)6-5-13-31-20-10-7-17(3)8-11-20/h7-12,14,16,18H,5-6,13,15H2,1-4H3,(H,27,30)/t18-/m1/s1. The predicted octanol–water partition coefficient (Wildman–Crippen LogP) is 5.40. The first-order chi connectivity index (χ1) is 14.7. The second-order valence-corrected chi connectivity index (χ2v) is 8.69. The fourth-order valence-electron chi connectivity index (χ4n) is 3.01. The zero-order chi connectivity index (χ0) is 23.0. The summed E-state index contributed by atoms with van der Waals surface area (Å²) in [5.74, 6) is 0.458. The molecule has 0 heterocycles. The monoisotopic (exact) mass is 464 g/mol. The molecule has 0 spiro atoms. The zero-order valence-electron chi connectivity index (χ0n) is 18.5. The zero-order valence-corrected chi connectivity index (χ0v) is 20.0. The molecular weight excluding hydrogens is 435 g/mol. The fourth-order valence-corrected chi connectivity index (χ4v) is 3.33. The molecule has 0 unspecified atom stereocenters. The minimum absolute atomic E-state index is 0.0141. The van der Waals surface area contributed by atoms with E-state index in [1.165, 1.54) is 0 Å². The van der Waals surface area contributed by atoms with Gasteiger partial charge in [-0.2, -0.15) is 0 Å². The lowest BCUT2D eigenvalue weighted by molar-refractivity contribution is -0.141. The van der Waals surface area contributed by atoms with Gasteiger partial charge in [-0.05, 0) is 63.9 Å². The Morgan fingerprint density at radius 2 is 1.71 bits per heavy atom. The highest BCUT2D eigenvalue weighted by atomic mass is 35.5. The van der Waals surface area contributed by atoms with Crippen molar-refractivity contribution in [2.45, 2.75) is 59.2 Å². The Bertz CT molecular complexity index is 885. The number of carbonyl (C=O) groups is 2. The van der Waals surface area contributed by atoms with Crippen LogP contribution in [-0.4, -0.2) is 35.4 Å². The molecule has 7 heteroatoms. The number of rotatable bonds is 10. The minimum atomic E-state index is -0.623. The molecule has 0 bridgehead atoms. The minimum Gasteiger partial charge on any atom is -0.494 e. The van der Waals surface area contributed by atoms with Crippen LogP contribution in [0.3, 0.4) is 0 Å². The Kier molecular flexibility index (Phi) is 9.66. The summed E-state index contributed by atoms with van der Waals surface area (Å²) in [4.78, 5) is 27.2. The molecule has 0 radical (unpaired) electrons. The number of benzene rings is 2. The maximum absolute atomic E-state index is 13.0. The van der Waals surface area contributed by atoms with Crippen molar-refractivity contribution in [2.24, 2.45) is 0 Å². The van der Waals surface area contributed by atoms with Gasteiger partial charge < -0.3 is 15.0 Å². The molecule has 0 aliphatic heterocycles. The van der Waals surface area contributed by atoms with Crippen molar-refractivity contribution in [1.29, 1.82) is 0 Å². The van der Waals surface area contributed by atoms with Crippen LogP contribution in [0.15, 0.2) is 42.5 Å². The highest BCUT2D eigenvalue weighted by Crippen LogP contribution is 2.24. The van der Waals surface area contributed by atoms with E-state index in [0.29, 0.717) is 23.1 Å². The number of ether oxygens (including phenoxy) is 1. The van der Waals surface area contributed by atoms with Crippen LogP contribution in [0, 0.1) is 6.92 Å². The third kappa shape index (κ3) is 8.08. The van der Waals surface area contributed by atoms with Gasteiger partial charge in [-0.3, -0.25) is 9.59 Å². The number of hydrogen-bond donors (Lipinski definition) is 1. The van der Waals surface area contributed by atoms with Crippen molar-refractivity contribution in [3.05, 3.63) is 63.6 Å². The molecular formula is C24H30Cl2N2O3. The van der Waals surface area contributed by atoms with Crippen LogP contribution < -0.4 is 10.1 Å². The normalized spacial score (nSPS) is 11.8. The van der Waals surface area contributed by atoms with Crippen molar-refractivity contribution in [2.75, 3.05) is 6.61 Å². The lowest BCUT2D eigenvalue weighted by atomic mass is 10.1. The third-order valence-corrected chi connectivity index (χ3v) is 5.50. The maximum atomic E-state index is 13.0. The number of nitrogens with zero attached hydrogens (tertiary/aromatic N) is 1. The number of aryl methyl sites for hydroxylation is 1. The van der Waals surface area contributed by atoms with E-state index in [9.17, 15) is 9.59 Å². The first kappa shape index (κ1) is 25.0. The van der Waals surface area contributed by atoms with Crippen LogP contribution >= 0.6 is 23.2 Å². The average molecular weight is 465 g/mol. The maximum Gasteiger partial charge on any atom is 0.242 e. The summed E-state index contributed by atoms with van der Waals surface area (Å²) in [5, 5.41) is 3.73. The molecule has 0 aliphatic carbocycles. The number of carbonyl (C=O) groups excluding carboxylic acids is 2. The number of nitrogens with one attached hydrogen (secondary N) is 1. The van der Waals surface area contributed by atoms with Crippen molar-refractivity contribution >= 4 is 35.0 Å². The molecule has 168 valence electrons. The molecule has 0 saturated carbocycles. The van der Waals surface area contributed by atoms with Crippen LogP contribution in [-0.2, 0) is 16.1 Å². The van der Waals surface area contributed by atoms with Gasteiger partial charge in [0.15, 0.2) is 0 Å². The molecule has 0 saturated heterocycles. The molecule has 1 atom stereocenters. The second kappa shape index (κ2) is 12.0. The SMILES string of the molecule is Cc1ccc(OCCCC(=O)N(Cc2ccc(Cl)c(Cl)c2)[C@H](C)C(=O)NC(C)C)cc1. The van der Waals surface area contributed by atoms with Gasteiger partial charge in [-0.25, -0.2) is 0 Å². The van der Waals surface area contributed by atoms with Gasteiger partial charge in [0, 0.05) is 19.0 Å². The van der Waals surface area contributed by atoms with Crippen LogP contribution in [0.1, 0.15) is 44.7 Å². The molecule has 2 rings (SSSR count). The number of amides is 2. The molecule has 2 amide bonds. The van der Waals surface area contributed by atoms with Gasteiger partial charge in [0.2, 0.25) is 11.8 Å². The van der Waals surface area contributed by atoms with Crippen LogP contribution in [0.2, 0.25) is 10.0 Å². The molecule has 2 aromatic rings. The molecule has 1 N–H and O–H groups in total. The summed E-state index contributed by atoms with van der Waals surface area (Å²) in [6.45, 7) is 8.21.